The van der Waals surface area contributed by atoms with Crippen LogP contribution in [0.5, 0.6) is 5.75 Å². The van der Waals surface area contributed by atoms with Crippen molar-refractivity contribution in [3.63, 3.8) is 0 Å². The van der Waals surface area contributed by atoms with Gasteiger partial charge in [0.1, 0.15) is 17.0 Å². The van der Waals surface area contributed by atoms with Gasteiger partial charge in [-0.15, -0.1) is 11.3 Å². The van der Waals surface area contributed by atoms with Crippen molar-refractivity contribution in [1.29, 1.82) is 0 Å². The quantitative estimate of drug-likeness (QED) is 0.651. The van der Waals surface area contributed by atoms with Gasteiger partial charge in [-0.2, -0.15) is 0 Å². The molecule has 0 saturated heterocycles. The highest BCUT2D eigenvalue weighted by Gasteiger charge is 2.48. The molecule has 1 aromatic carbocycles. The minimum atomic E-state index is -0.983. The molecule has 1 saturated carbocycles. The van der Waals surface area contributed by atoms with Crippen LogP contribution in [-0.4, -0.2) is 40.0 Å². The number of amides is 2. The number of hydrogen-bond acceptors (Lipinski definition) is 4. The summed E-state index contributed by atoms with van der Waals surface area (Å²) in [6.45, 7) is 2.69. The van der Waals surface area contributed by atoms with Gasteiger partial charge in [-0.25, -0.2) is 0 Å². The lowest BCUT2D eigenvalue weighted by Gasteiger charge is -2.44. The zero-order valence-electron chi connectivity index (χ0n) is 17.9. The third-order valence-corrected chi connectivity index (χ3v) is 7.56. The molecule has 7 heteroatoms. The molecule has 5 rings (SSSR count). The summed E-state index contributed by atoms with van der Waals surface area (Å²) >= 11 is 1.62. The van der Waals surface area contributed by atoms with Crippen molar-refractivity contribution in [2.45, 2.75) is 57.3 Å². The van der Waals surface area contributed by atoms with Gasteiger partial charge in [0.15, 0.2) is 0 Å². The topological polar surface area (TPSA) is 63.6 Å². The first-order valence-corrected chi connectivity index (χ1v) is 11.7. The van der Waals surface area contributed by atoms with E-state index < -0.39 is 5.54 Å². The number of fused-ring (bicyclic) bond motifs is 3. The zero-order valence-corrected chi connectivity index (χ0v) is 18.7. The van der Waals surface area contributed by atoms with E-state index in [1.54, 1.807) is 23.3 Å². The van der Waals surface area contributed by atoms with E-state index in [9.17, 15) is 9.59 Å². The van der Waals surface area contributed by atoms with E-state index in [2.05, 4.69) is 5.32 Å². The van der Waals surface area contributed by atoms with Crippen LogP contribution in [0, 0.1) is 0 Å². The van der Waals surface area contributed by atoms with Gasteiger partial charge < -0.3 is 19.5 Å². The van der Waals surface area contributed by atoms with E-state index in [1.807, 2.05) is 53.3 Å². The van der Waals surface area contributed by atoms with Gasteiger partial charge in [0, 0.05) is 12.6 Å². The summed E-state index contributed by atoms with van der Waals surface area (Å²) in [5.41, 5.74) is 1.63. The number of ether oxygens (including phenoxy) is 1. The fourth-order valence-electron chi connectivity index (χ4n) is 4.89. The molecule has 2 aromatic heterocycles. The van der Waals surface area contributed by atoms with Crippen molar-refractivity contribution in [2.24, 2.45) is 0 Å². The minimum Gasteiger partial charge on any atom is -0.497 e. The van der Waals surface area contributed by atoms with Crippen molar-refractivity contribution >= 4 is 33.4 Å². The summed E-state index contributed by atoms with van der Waals surface area (Å²) in [6, 6.07) is 11.9. The molecule has 1 aliphatic carbocycles. The Hall–Kier alpha value is -2.80. The molecule has 31 heavy (non-hydrogen) atoms. The van der Waals surface area contributed by atoms with Crippen LogP contribution >= 0.6 is 11.3 Å². The molecule has 162 valence electrons. The van der Waals surface area contributed by atoms with Crippen LogP contribution in [0.1, 0.15) is 48.7 Å². The number of carbonyl (C=O) groups is 2. The van der Waals surface area contributed by atoms with Gasteiger partial charge in [-0.3, -0.25) is 9.59 Å². The maximum Gasteiger partial charge on any atom is 0.271 e. The molecule has 6 nitrogen and oxygen atoms in total. The van der Waals surface area contributed by atoms with E-state index in [4.69, 9.17) is 4.74 Å². The Morgan fingerprint density at radius 2 is 2.06 bits per heavy atom. The number of rotatable bonds is 5. The third-order valence-electron chi connectivity index (χ3n) is 6.70. The van der Waals surface area contributed by atoms with Crippen molar-refractivity contribution in [3.05, 3.63) is 53.0 Å². The predicted molar refractivity (Wildman–Crippen MR) is 121 cm³/mol. The van der Waals surface area contributed by atoms with Crippen LogP contribution in [-0.2, 0) is 17.9 Å². The summed E-state index contributed by atoms with van der Waals surface area (Å²) in [6.07, 6.45) is 4.31. The largest absolute Gasteiger partial charge is 0.497 e. The highest BCUT2D eigenvalue weighted by Crippen LogP contribution is 2.36. The fourth-order valence-corrected chi connectivity index (χ4v) is 5.71. The van der Waals surface area contributed by atoms with E-state index in [1.165, 1.54) is 0 Å². The van der Waals surface area contributed by atoms with E-state index in [0.717, 1.165) is 47.2 Å². The number of nitrogens with zero attached hydrogens (tertiary/aromatic N) is 2. The van der Waals surface area contributed by atoms with Crippen LogP contribution in [0.25, 0.3) is 10.2 Å². The summed E-state index contributed by atoms with van der Waals surface area (Å²) in [7, 11) is 1.63. The van der Waals surface area contributed by atoms with Crippen LogP contribution in [0.4, 0.5) is 0 Å². The molecule has 1 aliphatic heterocycles. The lowest BCUT2D eigenvalue weighted by molar-refractivity contribution is -0.133. The second-order valence-corrected chi connectivity index (χ2v) is 9.71. The van der Waals surface area contributed by atoms with Crippen molar-refractivity contribution in [3.8, 4) is 5.75 Å². The van der Waals surface area contributed by atoms with E-state index in [0.29, 0.717) is 18.8 Å². The molecule has 0 radical (unpaired) electrons. The van der Waals surface area contributed by atoms with Gasteiger partial charge in [-0.1, -0.05) is 25.0 Å². The van der Waals surface area contributed by atoms with Crippen molar-refractivity contribution in [1.82, 2.24) is 14.8 Å². The first-order chi connectivity index (χ1) is 15.0. The summed E-state index contributed by atoms with van der Waals surface area (Å²) in [4.78, 5) is 29.1. The minimum absolute atomic E-state index is 0.0709. The van der Waals surface area contributed by atoms with Crippen LogP contribution < -0.4 is 10.1 Å². The monoisotopic (exact) mass is 437 g/mol. The average Bonchev–Trinajstić information content (AvgIpc) is 3.50. The Kier molecular flexibility index (Phi) is 5.01. The molecular formula is C24H27N3O3S. The number of hydrogen-bond donors (Lipinski definition) is 1. The molecule has 1 N–H and O–H groups in total. The van der Waals surface area contributed by atoms with Gasteiger partial charge in [0.05, 0.1) is 23.9 Å². The number of nitrogens with one attached hydrogen (secondary N) is 1. The first-order valence-electron chi connectivity index (χ1n) is 10.8. The normalized spacial score (nSPS) is 21.5. The Morgan fingerprint density at radius 3 is 2.84 bits per heavy atom. The standard InChI is InChI=1S/C24H27N3O3S/c1-24(23(29)25-17-7-3-4-8-17)15-26-19-10-11-31-21(19)13-20(26)22(28)27(24)14-16-6-5-9-18(12-16)30-2/h5-6,9-13,17H,3-4,7-8,14-15H2,1-2H3,(H,25,29)/t24-/m0/s1. The number of thiophene rings is 1. The van der Waals surface area contributed by atoms with E-state index in [-0.39, 0.29) is 17.9 Å². The Labute approximate surface area is 185 Å². The smallest absolute Gasteiger partial charge is 0.271 e. The molecule has 0 spiro atoms. The first kappa shape index (κ1) is 20.1. The fraction of sp³-hybridized carbons (Fsp3) is 0.417. The number of methoxy groups -OCH3 is 1. The average molecular weight is 438 g/mol. The van der Waals surface area contributed by atoms with Gasteiger partial charge in [0.25, 0.3) is 5.91 Å². The molecule has 1 fully saturated rings. The summed E-state index contributed by atoms with van der Waals surface area (Å²) in [5, 5.41) is 5.27. The number of carbonyl (C=O) groups excluding carboxylic acids is 2. The van der Waals surface area contributed by atoms with Crippen LogP contribution in [0.2, 0.25) is 0 Å². The molecule has 1 atom stereocenters. The van der Waals surface area contributed by atoms with Crippen molar-refractivity contribution < 1.29 is 14.3 Å². The third kappa shape index (κ3) is 3.41. The Morgan fingerprint density at radius 1 is 1.26 bits per heavy atom. The Balaban J connectivity index is 1.54. The zero-order chi connectivity index (χ0) is 21.6. The van der Waals surface area contributed by atoms with Gasteiger partial charge >= 0.3 is 0 Å². The van der Waals surface area contributed by atoms with Crippen LogP contribution in [0.15, 0.2) is 41.8 Å². The maximum atomic E-state index is 13.7. The SMILES string of the molecule is COc1cccc(CN2C(=O)c3cc4sccc4n3C[C@@]2(C)C(=O)NC2CCCC2)c1. The van der Waals surface area contributed by atoms with Crippen LogP contribution in [0.3, 0.4) is 0 Å². The molecule has 3 aromatic rings. The lowest BCUT2D eigenvalue weighted by atomic mass is 9.93. The number of aromatic nitrogens is 1. The van der Waals surface area contributed by atoms with Gasteiger partial charge in [0.2, 0.25) is 5.91 Å². The maximum absolute atomic E-state index is 13.7. The molecule has 2 aliphatic rings. The number of benzene rings is 1. The van der Waals surface area contributed by atoms with E-state index >= 15 is 0 Å². The highest BCUT2D eigenvalue weighted by atomic mass is 32.1. The molecule has 0 bridgehead atoms. The molecule has 3 heterocycles. The summed E-state index contributed by atoms with van der Waals surface area (Å²) < 4.78 is 8.45. The highest BCUT2D eigenvalue weighted by molar-refractivity contribution is 7.17. The molecule has 2 amide bonds. The summed E-state index contributed by atoms with van der Waals surface area (Å²) in [5.74, 6) is 0.558. The molecular weight excluding hydrogens is 410 g/mol. The lowest BCUT2D eigenvalue weighted by Crippen LogP contribution is -2.64. The second-order valence-electron chi connectivity index (χ2n) is 8.76. The molecule has 0 unspecified atom stereocenters. The van der Waals surface area contributed by atoms with Crippen molar-refractivity contribution in [2.75, 3.05) is 7.11 Å². The Bertz CT molecular complexity index is 1140. The predicted octanol–water partition coefficient (Wildman–Crippen LogP) is 4.18. The van der Waals surface area contributed by atoms with Gasteiger partial charge in [-0.05, 0) is 55.0 Å². The second kappa shape index (κ2) is 7.71.